The molecule has 0 fully saturated rings. The number of nitrogens with one attached hydrogen (secondary N) is 2. The van der Waals surface area contributed by atoms with Gasteiger partial charge in [0, 0.05) is 18.0 Å². The zero-order chi connectivity index (χ0) is 14.5. The molecule has 0 aliphatic heterocycles. The van der Waals surface area contributed by atoms with Crippen LogP contribution in [0.1, 0.15) is 41.4 Å². The smallest absolute Gasteiger partial charge is 0.251 e. The third kappa shape index (κ3) is 3.57. The number of nitrogens with zero attached hydrogens (tertiary/aromatic N) is 1. The molecular formula is C15H19N3OS. The summed E-state index contributed by atoms with van der Waals surface area (Å²) in [5.41, 5.74) is 2.78. The molecule has 0 saturated carbocycles. The number of carbonyl (C=O) groups is 1. The standard InChI is InChI=1S/C15H19N3OS/c1-10(2)11-4-6-12(7-5-11)14(19)17-8-13-9-20-15(16-3)18-13/h4-7,9-10H,8H2,1-3H3,(H,16,18)(H,17,19). The molecule has 4 nitrogen and oxygen atoms in total. The van der Waals surface area contributed by atoms with Crippen LogP contribution in [-0.4, -0.2) is 17.9 Å². The Labute approximate surface area is 123 Å². The molecule has 5 heteroatoms. The minimum Gasteiger partial charge on any atom is -0.365 e. The van der Waals surface area contributed by atoms with Crippen molar-refractivity contribution >= 4 is 22.4 Å². The number of benzene rings is 1. The molecule has 2 N–H and O–H groups in total. The fraction of sp³-hybridized carbons (Fsp3) is 0.333. The first-order valence-corrected chi connectivity index (χ1v) is 7.48. The van der Waals surface area contributed by atoms with E-state index in [-0.39, 0.29) is 5.91 Å². The van der Waals surface area contributed by atoms with Crippen LogP contribution in [-0.2, 0) is 6.54 Å². The van der Waals surface area contributed by atoms with E-state index in [1.54, 1.807) is 0 Å². The first-order valence-electron chi connectivity index (χ1n) is 6.60. The van der Waals surface area contributed by atoms with Crippen LogP contribution < -0.4 is 10.6 Å². The molecule has 1 heterocycles. The highest BCUT2D eigenvalue weighted by Gasteiger charge is 2.07. The molecule has 0 spiro atoms. The monoisotopic (exact) mass is 289 g/mol. The van der Waals surface area contributed by atoms with Crippen LogP contribution in [0.15, 0.2) is 29.6 Å². The van der Waals surface area contributed by atoms with Crippen LogP contribution in [0.5, 0.6) is 0 Å². The van der Waals surface area contributed by atoms with E-state index in [9.17, 15) is 4.79 Å². The maximum absolute atomic E-state index is 12.0. The van der Waals surface area contributed by atoms with Crippen LogP contribution >= 0.6 is 11.3 Å². The van der Waals surface area contributed by atoms with E-state index in [1.807, 2.05) is 36.7 Å². The van der Waals surface area contributed by atoms with E-state index in [0.29, 0.717) is 18.0 Å². The molecule has 1 aromatic carbocycles. The Balaban J connectivity index is 1.94. The zero-order valence-electron chi connectivity index (χ0n) is 11.9. The van der Waals surface area contributed by atoms with Gasteiger partial charge >= 0.3 is 0 Å². The average molecular weight is 289 g/mol. The highest BCUT2D eigenvalue weighted by Crippen LogP contribution is 2.16. The van der Waals surface area contributed by atoms with Crippen molar-refractivity contribution in [2.45, 2.75) is 26.3 Å². The minimum atomic E-state index is -0.0701. The molecule has 2 rings (SSSR count). The predicted molar refractivity (Wildman–Crippen MR) is 83.4 cm³/mol. The normalized spacial score (nSPS) is 10.6. The molecule has 20 heavy (non-hydrogen) atoms. The van der Waals surface area contributed by atoms with Gasteiger partial charge in [-0.05, 0) is 23.6 Å². The molecule has 2 aromatic rings. The summed E-state index contributed by atoms with van der Waals surface area (Å²) in [5.74, 6) is 0.404. The third-order valence-corrected chi connectivity index (χ3v) is 3.94. The van der Waals surface area contributed by atoms with E-state index in [2.05, 4.69) is 29.5 Å². The molecule has 0 aliphatic rings. The number of rotatable bonds is 5. The molecule has 1 aromatic heterocycles. The number of thiazole rings is 1. The fourth-order valence-electron chi connectivity index (χ4n) is 1.80. The topological polar surface area (TPSA) is 54.0 Å². The molecule has 0 radical (unpaired) electrons. The SMILES string of the molecule is CNc1nc(CNC(=O)c2ccc(C(C)C)cc2)cs1. The van der Waals surface area contributed by atoms with Gasteiger partial charge < -0.3 is 10.6 Å². The van der Waals surface area contributed by atoms with Gasteiger partial charge in [0.25, 0.3) is 5.91 Å². The second kappa shape index (κ2) is 6.52. The molecule has 0 bridgehead atoms. The van der Waals surface area contributed by atoms with E-state index in [1.165, 1.54) is 16.9 Å². The Morgan fingerprint density at radius 1 is 1.30 bits per heavy atom. The Morgan fingerprint density at radius 3 is 2.55 bits per heavy atom. The first-order chi connectivity index (χ1) is 9.60. The first kappa shape index (κ1) is 14.5. The summed E-state index contributed by atoms with van der Waals surface area (Å²) in [5, 5.41) is 8.65. The summed E-state index contributed by atoms with van der Waals surface area (Å²) in [4.78, 5) is 16.3. The fourth-order valence-corrected chi connectivity index (χ4v) is 2.47. The number of amides is 1. The lowest BCUT2D eigenvalue weighted by atomic mass is 10.0. The number of hydrogen-bond donors (Lipinski definition) is 2. The van der Waals surface area contributed by atoms with Gasteiger partial charge in [0.15, 0.2) is 5.13 Å². The molecular weight excluding hydrogens is 270 g/mol. The van der Waals surface area contributed by atoms with Crippen LogP contribution in [0, 0.1) is 0 Å². The molecule has 0 saturated heterocycles. The van der Waals surface area contributed by atoms with E-state index < -0.39 is 0 Å². The summed E-state index contributed by atoms with van der Waals surface area (Å²) in [7, 11) is 1.83. The quantitative estimate of drug-likeness (QED) is 0.888. The van der Waals surface area contributed by atoms with Crippen LogP contribution in [0.25, 0.3) is 0 Å². The maximum atomic E-state index is 12.0. The highest BCUT2D eigenvalue weighted by molar-refractivity contribution is 7.13. The van der Waals surface area contributed by atoms with Gasteiger partial charge in [-0.15, -0.1) is 11.3 Å². The number of anilines is 1. The summed E-state index contributed by atoms with van der Waals surface area (Å²) in [6.45, 7) is 4.72. The lowest BCUT2D eigenvalue weighted by Gasteiger charge is -2.07. The minimum absolute atomic E-state index is 0.0701. The van der Waals surface area contributed by atoms with Crippen LogP contribution in [0.3, 0.4) is 0 Å². The summed E-state index contributed by atoms with van der Waals surface area (Å²) >= 11 is 1.53. The zero-order valence-corrected chi connectivity index (χ0v) is 12.8. The number of hydrogen-bond acceptors (Lipinski definition) is 4. The molecule has 0 atom stereocenters. The van der Waals surface area contributed by atoms with E-state index >= 15 is 0 Å². The lowest BCUT2D eigenvalue weighted by molar-refractivity contribution is 0.0950. The Hall–Kier alpha value is -1.88. The van der Waals surface area contributed by atoms with Gasteiger partial charge in [-0.3, -0.25) is 4.79 Å². The lowest BCUT2D eigenvalue weighted by Crippen LogP contribution is -2.22. The van der Waals surface area contributed by atoms with Crippen molar-refractivity contribution in [2.75, 3.05) is 12.4 Å². The van der Waals surface area contributed by atoms with Crippen molar-refractivity contribution in [1.29, 1.82) is 0 Å². The van der Waals surface area contributed by atoms with Crippen LogP contribution in [0.4, 0.5) is 5.13 Å². The largest absolute Gasteiger partial charge is 0.365 e. The van der Waals surface area contributed by atoms with Gasteiger partial charge in [0.05, 0.1) is 12.2 Å². The van der Waals surface area contributed by atoms with Gasteiger partial charge in [0.2, 0.25) is 0 Å². The Morgan fingerprint density at radius 2 is 2.00 bits per heavy atom. The van der Waals surface area contributed by atoms with Crippen molar-refractivity contribution < 1.29 is 4.79 Å². The van der Waals surface area contributed by atoms with Gasteiger partial charge in [0.1, 0.15) is 0 Å². The average Bonchev–Trinajstić information content (AvgIpc) is 2.93. The summed E-state index contributed by atoms with van der Waals surface area (Å²) < 4.78 is 0. The third-order valence-electron chi connectivity index (χ3n) is 3.04. The molecule has 1 amide bonds. The van der Waals surface area contributed by atoms with Crippen molar-refractivity contribution in [2.24, 2.45) is 0 Å². The van der Waals surface area contributed by atoms with Crippen molar-refractivity contribution in [3.05, 3.63) is 46.5 Å². The van der Waals surface area contributed by atoms with E-state index in [4.69, 9.17) is 0 Å². The Kier molecular flexibility index (Phi) is 4.74. The number of aromatic nitrogens is 1. The molecule has 0 aliphatic carbocycles. The van der Waals surface area contributed by atoms with E-state index in [0.717, 1.165) is 10.8 Å². The maximum Gasteiger partial charge on any atom is 0.251 e. The van der Waals surface area contributed by atoms with Gasteiger partial charge in [-0.25, -0.2) is 4.98 Å². The molecule has 106 valence electrons. The second-order valence-corrected chi connectivity index (χ2v) is 5.71. The summed E-state index contributed by atoms with van der Waals surface area (Å²) in [6, 6.07) is 7.73. The van der Waals surface area contributed by atoms with Gasteiger partial charge in [-0.1, -0.05) is 26.0 Å². The second-order valence-electron chi connectivity index (χ2n) is 4.85. The molecule has 0 unspecified atom stereocenters. The van der Waals surface area contributed by atoms with Crippen LogP contribution in [0.2, 0.25) is 0 Å². The predicted octanol–water partition coefficient (Wildman–Crippen LogP) is 3.24. The highest BCUT2D eigenvalue weighted by atomic mass is 32.1. The number of carbonyl (C=O) groups excluding carboxylic acids is 1. The van der Waals surface area contributed by atoms with Crippen molar-refractivity contribution in [1.82, 2.24) is 10.3 Å². The summed E-state index contributed by atoms with van der Waals surface area (Å²) in [6.07, 6.45) is 0. The van der Waals surface area contributed by atoms with Crippen molar-refractivity contribution in [3.63, 3.8) is 0 Å². The van der Waals surface area contributed by atoms with Crippen molar-refractivity contribution in [3.8, 4) is 0 Å². The Bertz CT molecular complexity index is 575. The van der Waals surface area contributed by atoms with Gasteiger partial charge in [-0.2, -0.15) is 0 Å².